The SMILES string of the molecule is CC(O)C1NC(=O)[C@@H](NC(=O)OCc2ccccc2)C[C@H](O)CNC(=O)C2[C@@H](O)C(C)CN2C(=O)[C@H]([C@H](O)CC(N)=O)NC(=O)C([C@H](O)Cc2ccc(O)c(OSOOO)c2)NC(=O)C2CC(O)CN2C1=O. The molecule has 29 heteroatoms. The smallest absolute Gasteiger partial charge is 0.408 e. The molecule has 15 N–H and O–H groups in total. The topological polar surface area (TPSA) is 428 Å². The summed E-state index contributed by atoms with van der Waals surface area (Å²) >= 11 is 0.0569. The number of hydrogen-bond acceptors (Lipinski definition) is 21. The number of fused-ring (bicyclic) bond motifs is 2. The second-order valence-corrected chi connectivity index (χ2v) is 17.9. The summed E-state index contributed by atoms with van der Waals surface area (Å²) < 4.78 is 14.5. The summed E-state index contributed by atoms with van der Waals surface area (Å²) in [6.07, 6.45) is -14.7. The average Bonchev–Trinajstić information content (AvgIpc) is 3.87. The number of nitrogens with two attached hydrogens (primary N) is 1. The monoisotopic (exact) mass is 1040 g/mol. The van der Waals surface area contributed by atoms with Gasteiger partial charge in [-0.2, -0.15) is 0 Å². The first kappa shape index (κ1) is 56.5. The number of benzene rings is 2. The molecule has 28 nitrogen and oxygen atoms in total. The highest BCUT2D eigenvalue weighted by Crippen LogP contribution is 2.31. The molecule has 7 unspecified atom stereocenters. The van der Waals surface area contributed by atoms with Crippen molar-refractivity contribution < 1.29 is 97.7 Å². The van der Waals surface area contributed by atoms with Crippen LogP contribution in [0.25, 0.3) is 0 Å². The van der Waals surface area contributed by atoms with Crippen LogP contribution in [-0.4, -0.2) is 191 Å². The maximum absolute atomic E-state index is 14.5. The lowest BCUT2D eigenvalue weighted by atomic mass is 9.98. The highest BCUT2D eigenvalue weighted by molar-refractivity contribution is 7.90. The zero-order chi connectivity index (χ0) is 53.0. The Bertz CT molecular complexity index is 2270. The van der Waals surface area contributed by atoms with Gasteiger partial charge >= 0.3 is 6.09 Å². The van der Waals surface area contributed by atoms with Crippen LogP contribution >= 0.6 is 12.3 Å². The Morgan fingerprint density at radius 3 is 2.15 bits per heavy atom. The Morgan fingerprint density at radius 2 is 1.49 bits per heavy atom. The molecule has 8 amide bonds. The van der Waals surface area contributed by atoms with Crippen LogP contribution in [-0.2, 0) is 60.7 Å². The number of aliphatic hydroxyl groups is 6. The number of β-amino-alcohol motifs (C(OH)–C–C–N with tert-alkyl or cyclic N) is 1. The van der Waals surface area contributed by atoms with Crippen LogP contribution in [0.1, 0.15) is 44.2 Å². The number of nitrogens with zero attached hydrogens (tertiary/aromatic N) is 2. The van der Waals surface area contributed by atoms with Gasteiger partial charge in [-0.1, -0.05) is 52.7 Å². The number of phenolic OH excluding ortho intramolecular Hbond substituents is 1. The van der Waals surface area contributed by atoms with E-state index in [-0.39, 0.29) is 30.2 Å². The van der Waals surface area contributed by atoms with Gasteiger partial charge in [0.05, 0.1) is 43.0 Å². The first-order valence-corrected chi connectivity index (χ1v) is 23.0. The number of aromatic hydroxyl groups is 1. The summed E-state index contributed by atoms with van der Waals surface area (Å²) in [5.74, 6) is -10.2. The molecule has 0 saturated carbocycles. The average molecular weight is 1040 g/mol. The molecule has 0 bridgehead atoms. The van der Waals surface area contributed by atoms with Crippen LogP contribution in [0, 0.1) is 5.92 Å². The zero-order valence-corrected chi connectivity index (χ0v) is 39.5. The van der Waals surface area contributed by atoms with Gasteiger partial charge in [0.25, 0.3) is 12.3 Å². The minimum atomic E-state index is -2.20. The van der Waals surface area contributed by atoms with Crippen molar-refractivity contribution in [3.05, 3.63) is 59.7 Å². The maximum Gasteiger partial charge on any atom is 0.408 e. The molecule has 3 aliphatic heterocycles. The van der Waals surface area contributed by atoms with E-state index < -0.39 is 177 Å². The van der Waals surface area contributed by atoms with Gasteiger partial charge in [0, 0.05) is 44.8 Å². The molecule has 2 aromatic rings. The number of primary amides is 1. The molecule has 3 heterocycles. The molecule has 5 rings (SSSR count). The number of carbonyl (C=O) groups is 8. The van der Waals surface area contributed by atoms with Crippen LogP contribution in [0.4, 0.5) is 4.79 Å². The third-order valence-corrected chi connectivity index (χ3v) is 12.4. The van der Waals surface area contributed by atoms with Gasteiger partial charge in [0.2, 0.25) is 41.4 Å². The van der Waals surface area contributed by atoms with Crippen LogP contribution < -0.4 is 36.5 Å². The van der Waals surface area contributed by atoms with Crippen molar-refractivity contribution in [1.82, 2.24) is 36.4 Å². The van der Waals surface area contributed by atoms with Gasteiger partial charge in [-0.3, -0.25) is 33.6 Å². The first-order valence-electron chi connectivity index (χ1n) is 22.4. The Labute approximate surface area is 414 Å². The van der Waals surface area contributed by atoms with Crippen molar-refractivity contribution >= 4 is 59.8 Å². The largest absolute Gasteiger partial charge is 0.504 e. The predicted molar refractivity (Wildman–Crippen MR) is 242 cm³/mol. The molecule has 0 spiro atoms. The minimum absolute atomic E-state index is 0.0569. The maximum atomic E-state index is 14.5. The Morgan fingerprint density at radius 1 is 0.819 bits per heavy atom. The molecule has 3 fully saturated rings. The predicted octanol–water partition coefficient (Wildman–Crippen LogP) is -4.92. The molecular formula is C43H58N8O20S. The number of phenols is 1. The van der Waals surface area contributed by atoms with E-state index in [1.807, 2.05) is 0 Å². The molecule has 3 saturated heterocycles. The van der Waals surface area contributed by atoms with E-state index in [2.05, 4.69) is 36.0 Å². The van der Waals surface area contributed by atoms with Gasteiger partial charge in [-0.05, 0) is 30.2 Å². The fourth-order valence-electron chi connectivity index (χ4n) is 8.32. The fourth-order valence-corrected chi connectivity index (χ4v) is 8.58. The second kappa shape index (κ2) is 25.8. The molecule has 2 aromatic carbocycles. The molecular weight excluding hydrogens is 981 g/mol. The van der Waals surface area contributed by atoms with Crippen molar-refractivity contribution in [3.8, 4) is 11.5 Å². The number of rotatable bonds is 14. The van der Waals surface area contributed by atoms with Crippen LogP contribution in [0.15, 0.2) is 48.5 Å². The quantitative estimate of drug-likeness (QED) is 0.0365. The van der Waals surface area contributed by atoms with Crippen molar-refractivity contribution in [2.45, 2.75) is 119 Å². The Hall–Kier alpha value is -6.41. The lowest BCUT2D eigenvalue weighted by molar-refractivity contribution is -0.433. The van der Waals surface area contributed by atoms with Crippen LogP contribution in [0.2, 0.25) is 0 Å². The Kier molecular flexibility index (Phi) is 20.3. The Balaban J connectivity index is 1.56. The zero-order valence-electron chi connectivity index (χ0n) is 38.6. The lowest BCUT2D eigenvalue weighted by Crippen LogP contribution is -2.64. The molecule has 13 atom stereocenters. The summed E-state index contributed by atoms with van der Waals surface area (Å²) in [5, 5.41) is 101. The summed E-state index contributed by atoms with van der Waals surface area (Å²) in [6, 6.07) is 0.268. The van der Waals surface area contributed by atoms with Gasteiger partial charge in [0.15, 0.2) is 11.5 Å². The van der Waals surface area contributed by atoms with Crippen molar-refractivity contribution in [3.63, 3.8) is 0 Å². The van der Waals surface area contributed by atoms with E-state index in [0.717, 1.165) is 28.9 Å². The number of amides is 8. The first-order chi connectivity index (χ1) is 34.1. The van der Waals surface area contributed by atoms with Gasteiger partial charge in [-0.25, -0.2) is 10.1 Å². The minimum Gasteiger partial charge on any atom is -0.504 e. The standard InChI is InChI=1S/C43H58N8O20S/c1-19-16-51-35(36(19)59)40(63)45-15-23(53)12-25(46-43(66)68-18-21-6-4-3-5-7-21)37(60)47-32(20(2)52)41(64)50-17-24(54)13-26(50)38(61)48-33(39(62)49-34(42(51)65)29(57)14-31(44)58)28(56)10-22-8-9-27(55)30(11-22)69-72-71-70-67/h3-9,11,19-20,23-26,28-29,32-36,52-57,59,67H,10,12-18H2,1-2H3,(H2,44,58)(H,45,63)(H,46,66)(H,47,60)(H,48,61)(H,49,62)/t19?,20?,23-,24?,25-,26?,28+,29+,32?,33?,34-,35?,36-/m0/s1. The van der Waals surface area contributed by atoms with Crippen molar-refractivity contribution in [2.75, 3.05) is 19.6 Å². The summed E-state index contributed by atoms with van der Waals surface area (Å²) in [4.78, 5) is 112. The van der Waals surface area contributed by atoms with E-state index in [4.69, 9.17) is 19.9 Å². The van der Waals surface area contributed by atoms with Gasteiger partial charge in [0.1, 0.15) is 42.9 Å². The number of aliphatic hydroxyl groups excluding tert-OH is 6. The van der Waals surface area contributed by atoms with E-state index in [0.29, 0.717) is 5.56 Å². The van der Waals surface area contributed by atoms with E-state index in [1.165, 1.54) is 13.0 Å². The number of hydrogen-bond donors (Lipinski definition) is 14. The summed E-state index contributed by atoms with van der Waals surface area (Å²) in [5.41, 5.74) is 6.00. The van der Waals surface area contributed by atoms with Crippen LogP contribution in [0.3, 0.4) is 0 Å². The molecule has 0 aromatic heterocycles. The number of nitrogens with one attached hydrogen (secondary N) is 5. The van der Waals surface area contributed by atoms with Gasteiger partial charge in [-0.15, -0.1) is 0 Å². The molecule has 3 aliphatic rings. The second-order valence-electron chi connectivity index (χ2n) is 17.5. The summed E-state index contributed by atoms with van der Waals surface area (Å²) in [6.45, 7) is 0.604. The number of ether oxygens (including phenoxy) is 1. The molecule has 396 valence electrons. The molecule has 72 heavy (non-hydrogen) atoms. The normalized spacial score (nSPS) is 28.2. The fraction of sp³-hybridized carbons (Fsp3) is 0.535. The molecule has 0 aliphatic carbocycles. The highest BCUT2D eigenvalue weighted by atomic mass is 32.2. The van der Waals surface area contributed by atoms with Crippen molar-refractivity contribution in [2.24, 2.45) is 11.7 Å². The van der Waals surface area contributed by atoms with Crippen LogP contribution in [0.5, 0.6) is 11.5 Å². The highest BCUT2D eigenvalue weighted by Gasteiger charge is 2.50. The van der Waals surface area contributed by atoms with E-state index >= 15 is 0 Å². The van der Waals surface area contributed by atoms with Gasteiger partial charge < -0.3 is 86.8 Å². The third kappa shape index (κ3) is 14.8. The third-order valence-electron chi connectivity index (χ3n) is 12.0. The van der Waals surface area contributed by atoms with E-state index in [1.54, 1.807) is 30.3 Å². The number of carbonyl (C=O) groups excluding carboxylic acids is 8. The van der Waals surface area contributed by atoms with E-state index in [9.17, 15) is 74.1 Å². The number of alkyl carbamates (subject to hydrolysis) is 1. The summed E-state index contributed by atoms with van der Waals surface area (Å²) in [7, 11) is 0. The molecule has 0 radical (unpaired) electrons. The lowest BCUT2D eigenvalue weighted by Gasteiger charge is -2.33. The van der Waals surface area contributed by atoms with Crippen molar-refractivity contribution in [1.29, 1.82) is 0 Å².